The predicted octanol–water partition coefficient (Wildman–Crippen LogP) is 2.72. The number of hydrogen-bond acceptors (Lipinski definition) is 4. The van der Waals surface area contributed by atoms with Gasteiger partial charge in [-0.05, 0) is 48.4 Å². The molecule has 2 aromatic rings. The van der Waals surface area contributed by atoms with Crippen molar-refractivity contribution >= 4 is 5.91 Å². The SMILES string of the molecule is O=C(CCOc1ccc(F)cc1)NCCc1ccc2c(c1)OCCO2. The largest absolute Gasteiger partial charge is 0.493 e. The molecule has 0 unspecified atom stereocenters. The molecule has 3 rings (SSSR count). The van der Waals surface area contributed by atoms with Crippen LogP contribution in [0.1, 0.15) is 12.0 Å². The van der Waals surface area contributed by atoms with E-state index in [-0.39, 0.29) is 24.8 Å². The molecule has 2 aromatic carbocycles. The highest BCUT2D eigenvalue weighted by Crippen LogP contribution is 2.30. The molecule has 0 atom stereocenters. The van der Waals surface area contributed by atoms with Gasteiger partial charge in [0.15, 0.2) is 11.5 Å². The Hall–Kier alpha value is -2.76. The first-order valence-corrected chi connectivity index (χ1v) is 8.24. The molecule has 0 saturated heterocycles. The lowest BCUT2D eigenvalue weighted by atomic mass is 10.1. The van der Waals surface area contributed by atoms with Crippen LogP contribution in [-0.4, -0.2) is 32.3 Å². The summed E-state index contributed by atoms with van der Waals surface area (Å²) in [6, 6.07) is 11.5. The van der Waals surface area contributed by atoms with Crippen LogP contribution in [0.25, 0.3) is 0 Å². The van der Waals surface area contributed by atoms with Crippen LogP contribution in [0, 0.1) is 5.82 Å². The lowest BCUT2D eigenvalue weighted by molar-refractivity contribution is -0.121. The Morgan fingerprint density at radius 2 is 1.84 bits per heavy atom. The van der Waals surface area contributed by atoms with E-state index in [0.29, 0.717) is 31.9 Å². The molecule has 0 radical (unpaired) electrons. The molecule has 1 amide bonds. The zero-order valence-corrected chi connectivity index (χ0v) is 13.8. The summed E-state index contributed by atoms with van der Waals surface area (Å²) in [5, 5.41) is 2.86. The topological polar surface area (TPSA) is 56.8 Å². The Morgan fingerprint density at radius 3 is 2.64 bits per heavy atom. The normalized spacial score (nSPS) is 12.5. The van der Waals surface area contributed by atoms with Crippen molar-refractivity contribution in [2.75, 3.05) is 26.4 Å². The maximum atomic E-state index is 12.8. The number of carbonyl (C=O) groups excluding carboxylic acids is 1. The highest BCUT2D eigenvalue weighted by molar-refractivity contribution is 5.76. The Balaban J connectivity index is 1.35. The highest BCUT2D eigenvalue weighted by atomic mass is 19.1. The standard InChI is InChI=1S/C19H20FNO4/c20-15-2-4-16(5-3-15)23-10-8-19(22)21-9-7-14-1-6-17-18(13-14)25-12-11-24-17/h1-6,13H,7-12H2,(H,21,22). The lowest BCUT2D eigenvalue weighted by Crippen LogP contribution is -2.27. The van der Waals surface area contributed by atoms with Gasteiger partial charge in [0, 0.05) is 6.54 Å². The molecule has 0 spiro atoms. The molecule has 1 aliphatic rings. The van der Waals surface area contributed by atoms with Gasteiger partial charge in [0.05, 0.1) is 13.0 Å². The second-order valence-electron chi connectivity index (χ2n) is 5.63. The number of carbonyl (C=O) groups is 1. The van der Waals surface area contributed by atoms with Gasteiger partial charge < -0.3 is 19.5 Å². The second-order valence-corrected chi connectivity index (χ2v) is 5.63. The van der Waals surface area contributed by atoms with Crippen LogP contribution in [0.2, 0.25) is 0 Å². The van der Waals surface area contributed by atoms with Crippen molar-refractivity contribution in [1.29, 1.82) is 0 Å². The van der Waals surface area contributed by atoms with E-state index in [1.807, 2.05) is 18.2 Å². The van der Waals surface area contributed by atoms with E-state index >= 15 is 0 Å². The van der Waals surface area contributed by atoms with Crippen LogP contribution >= 0.6 is 0 Å². The average Bonchev–Trinajstić information content (AvgIpc) is 2.63. The molecule has 0 saturated carbocycles. The summed E-state index contributed by atoms with van der Waals surface area (Å²) >= 11 is 0. The predicted molar refractivity (Wildman–Crippen MR) is 90.7 cm³/mol. The molecule has 0 bridgehead atoms. The Labute approximate surface area is 145 Å². The monoisotopic (exact) mass is 345 g/mol. The van der Waals surface area contributed by atoms with Crippen molar-refractivity contribution in [2.24, 2.45) is 0 Å². The Bertz CT molecular complexity index is 718. The van der Waals surface area contributed by atoms with Gasteiger partial charge in [0.2, 0.25) is 5.91 Å². The number of ether oxygens (including phenoxy) is 3. The zero-order chi connectivity index (χ0) is 17.5. The van der Waals surface area contributed by atoms with Gasteiger partial charge in [0.1, 0.15) is 24.8 Å². The van der Waals surface area contributed by atoms with Crippen LogP contribution in [0.4, 0.5) is 4.39 Å². The lowest BCUT2D eigenvalue weighted by Gasteiger charge is -2.18. The number of rotatable bonds is 7. The maximum Gasteiger partial charge on any atom is 0.223 e. The number of benzene rings is 2. The molecule has 25 heavy (non-hydrogen) atoms. The van der Waals surface area contributed by atoms with Crippen LogP contribution in [0.15, 0.2) is 42.5 Å². The molecule has 6 heteroatoms. The second kappa shape index (κ2) is 8.37. The molecule has 1 aliphatic heterocycles. The smallest absolute Gasteiger partial charge is 0.223 e. The molecule has 5 nitrogen and oxygen atoms in total. The molecule has 132 valence electrons. The minimum Gasteiger partial charge on any atom is -0.493 e. The van der Waals surface area contributed by atoms with Crippen molar-refractivity contribution in [2.45, 2.75) is 12.8 Å². The highest BCUT2D eigenvalue weighted by Gasteiger charge is 2.11. The van der Waals surface area contributed by atoms with Crippen LogP contribution in [0.3, 0.4) is 0 Å². The van der Waals surface area contributed by atoms with Crippen molar-refractivity contribution in [1.82, 2.24) is 5.32 Å². The van der Waals surface area contributed by atoms with Crippen molar-refractivity contribution < 1.29 is 23.4 Å². The molecular weight excluding hydrogens is 325 g/mol. The third-order valence-electron chi connectivity index (χ3n) is 3.75. The number of halogens is 1. The minimum atomic E-state index is -0.316. The van der Waals surface area contributed by atoms with E-state index in [1.54, 1.807) is 0 Å². The van der Waals surface area contributed by atoms with E-state index in [0.717, 1.165) is 17.1 Å². The summed E-state index contributed by atoms with van der Waals surface area (Å²) < 4.78 is 29.2. The molecule has 1 N–H and O–H groups in total. The van der Waals surface area contributed by atoms with Gasteiger partial charge >= 0.3 is 0 Å². The number of nitrogens with one attached hydrogen (secondary N) is 1. The average molecular weight is 345 g/mol. The molecule has 1 heterocycles. The van der Waals surface area contributed by atoms with E-state index in [1.165, 1.54) is 24.3 Å². The summed E-state index contributed by atoms with van der Waals surface area (Å²) in [5.41, 5.74) is 1.08. The third-order valence-corrected chi connectivity index (χ3v) is 3.75. The number of fused-ring (bicyclic) bond motifs is 1. The van der Waals surface area contributed by atoms with Crippen molar-refractivity contribution in [3.8, 4) is 17.2 Å². The van der Waals surface area contributed by atoms with E-state index in [2.05, 4.69) is 5.32 Å². The summed E-state index contributed by atoms with van der Waals surface area (Å²) in [7, 11) is 0. The van der Waals surface area contributed by atoms with Gasteiger partial charge in [-0.1, -0.05) is 6.07 Å². The van der Waals surface area contributed by atoms with Crippen LogP contribution < -0.4 is 19.5 Å². The molecule has 0 aromatic heterocycles. The van der Waals surface area contributed by atoms with Gasteiger partial charge in [0.25, 0.3) is 0 Å². The van der Waals surface area contributed by atoms with E-state index < -0.39 is 0 Å². The molecular formula is C19H20FNO4. The summed E-state index contributed by atoms with van der Waals surface area (Å²) in [6.45, 7) is 1.92. The summed E-state index contributed by atoms with van der Waals surface area (Å²) in [4.78, 5) is 11.8. The first-order valence-electron chi connectivity index (χ1n) is 8.24. The van der Waals surface area contributed by atoms with E-state index in [4.69, 9.17) is 14.2 Å². The minimum absolute atomic E-state index is 0.0837. The molecule has 0 fully saturated rings. The summed E-state index contributed by atoms with van der Waals surface area (Å²) in [5.74, 6) is 1.66. The fourth-order valence-corrected chi connectivity index (χ4v) is 2.47. The third kappa shape index (κ3) is 5.11. The van der Waals surface area contributed by atoms with Crippen molar-refractivity contribution in [3.05, 3.63) is 53.8 Å². The summed E-state index contributed by atoms with van der Waals surface area (Å²) in [6.07, 6.45) is 0.958. The van der Waals surface area contributed by atoms with Crippen molar-refractivity contribution in [3.63, 3.8) is 0 Å². The molecule has 0 aliphatic carbocycles. The fourth-order valence-electron chi connectivity index (χ4n) is 2.47. The maximum absolute atomic E-state index is 12.8. The Kier molecular flexibility index (Phi) is 5.72. The first kappa shape index (κ1) is 17.1. The quantitative estimate of drug-likeness (QED) is 0.838. The number of amides is 1. The number of hydrogen-bond donors (Lipinski definition) is 1. The van der Waals surface area contributed by atoms with Crippen LogP contribution in [0.5, 0.6) is 17.2 Å². The zero-order valence-electron chi connectivity index (χ0n) is 13.8. The first-order chi connectivity index (χ1) is 12.2. The van der Waals surface area contributed by atoms with E-state index in [9.17, 15) is 9.18 Å². The van der Waals surface area contributed by atoms with Gasteiger partial charge in [-0.2, -0.15) is 0 Å². The van der Waals surface area contributed by atoms with Gasteiger partial charge in [-0.15, -0.1) is 0 Å². The van der Waals surface area contributed by atoms with Crippen LogP contribution in [-0.2, 0) is 11.2 Å². The Morgan fingerprint density at radius 1 is 1.08 bits per heavy atom. The van der Waals surface area contributed by atoms with Gasteiger partial charge in [-0.25, -0.2) is 4.39 Å². The van der Waals surface area contributed by atoms with Gasteiger partial charge in [-0.3, -0.25) is 4.79 Å². The fraction of sp³-hybridized carbons (Fsp3) is 0.316.